The molecule has 3 rings (SSSR count). The van der Waals surface area contributed by atoms with Crippen molar-refractivity contribution in [1.29, 1.82) is 0 Å². The molecule has 0 heterocycles. The lowest BCUT2D eigenvalue weighted by Gasteiger charge is -2.14. The van der Waals surface area contributed by atoms with Gasteiger partial charge in [-0.05, 0) is 67.6 Å². The van der Waals surface area contributed by atoms with Gasteiger partial charge in [-0.3, -0.25) is 14.4 Å². The third-order valence-corrected chi connectivity index (χ3v) is 5.52. The molecule has 3 aromatic rings. The number of hydrogen-bond acceptors (Lipinski definition) is 6. The molecule has 176 valence electrons. The van der Waals surface area contributed by atoms with Gasteiger partial charge in [-0.25, -0.2) is 0 Å². The molecule has 0 bridgehead atoms. The monoisotopic (exact) mass is 498 g/mol. The number of rotatable bonds is 10. The van der Waals surface area contributed by atoms with Crippen LogP contribution >= 0.6 is 23.4 Å². The van der Waals surface area contributed by atoms with E-state index in [9.17, 15) is 14.4 Å². The number of carbonyl (C=O) groups is 3. The van der Waals surface area contributed by atoms with Crippen molar-refractivity contribution in [3.63, 3.8) is 0 Å². The summed E-state index contributed by atoms with van der Waals surface area (Å²) >= 11 is 6.90. The minimum atomic E-state index is -0.990. The summed E-state index contributed by atoms with van der Waals surface area (Å²) in [5.74, 6) is 0.0352. The Morgan fingerprint density at radius 3 is 2.09 bits per heavy atom. The Labute approximate surface area is 206 Å². The molecule has 0 fully saturated rings. The first-order valence-electron chi connectivity index (χ1n) is 10.4. The van der Waals surface area contributed by atoms with Crippen molar-refractivity contribution in [2.75, 3.05) is 22.1 Å². The summed E-state index contributed by atoms with van der Waals surface area (Å²) in [4.78, 5) is 36.3. The van der Waals surface area contributed by atoms with Gasteiger partial charge in [-0.15, -0.1) is 11.8 Å². The molecule has 0 saturated carbocycles. The molecule has 0 spiro atoms. The lowest BCUT2D eigenvalue weighted by Crippen LogP contribution is -2.30. The average molecular weight is 499 g/mol. The van der Waals surface area contributed by atoms with Crippen molar-refractivity contribution in [3.8, 4) is 11.5 Å². The second kappa shape index (κ2) is 12.7. The van der Waals surface area contributed by atoms with E-state index in [1.165, 1.54) is 6.92 Å². The van der Waals surface area contributed by atoms with E-state index < -0.39 is 18.0 Å². The van der Waals surface area contributed by atoms with E-state index in [-0.39, 0.29) is 17.4 Å². The van der Waals surface area contributed by atoms with E-state index in [4.69, 9.17) is 21.1 Å². The maximum absolute atomic E-state index is 12.3. The molecule has 3 aromatic carbocycles. The van der Waals surface area contributed by atoms with Crippen LogP contribution in [-0.4, -0.2) is 35.4 Å². The minimum Gasteiger partial charge on any atom is -0.457 e. The maximum atomic E-state index is 12.3. The van der Waals surface area contributed by atoms with Gasteiger partial charge >= 0.3 is 5.97 Å². The Kier molecular flexibility index (Phi) is 9.37. The minimum absolute atomic E-state index is 0.0584. The quantitative estimate of drug-likeness (QED) is 0.365. The number of hydrogen-bond donors (Lipinski definition) is 2. The molecule has 0 saturated heterocycles. The zero-order chi connectivity index (χ0) is 24.3. The molecule has 0 unspecified atom stereocenters. The molecule has 0 aliphatic heterocycles. The average Bonchev–Trinajstić information content (AvgIpc) is 2.82. The lowest BCUT2D eigenvalue weighted by molar-refractivity contribution is -0.150. The molecule has 7 nitrogen and oxygen atoms in total. The Balaban J connectivity index is 1.36. The second-order valence-electron chi connectivity index (χ2n) is 7.11. The van der Waals surface area contributed by atoms with Crippen LogP contribution in [0.3, 0.4) is 0 Å². The molecular formula is C25H23ClN2O5S. The molecule has 0 aromatic heterocycles. The first-order valence-corrected chi connectivity index (χ1v) is 11.9. The summed E-state index contributed by atoms with van der Waals surface area (Å²) in [6, 6.07) is 22.9. The number of anilines is 2. The van der Waals surface area contributed by atoms with Crippen molar-refractivity contribution in [3.05, 3.63) is 83.9 Å². The molecule has 1 atom stereocenters. The lowest BCUT2D eigenvalue weighted by atomic mass is 10.2. The summed E-state index contributed by atoms with van der Waals surface area (Å²) < 4.78 is 10.9. The van der Waals surface area contributed by atoms with Gasteiger partial charge in [0.1, 0.15) is 11.5 Å². The Morgan fingerprint density at radius 2 is 1.41 bits per heavy atom. The number of esters is 1. The van der Waals surface area contributed by atoms with Crippen LogP contribution in [0.1, 0.15) is 6.92 Å². The number of thioether (sulfide) groups is 1. The van der Waals surface area contributed by atoms with Crippen LogP contribution in [0.15, 0.2) is 78.9 Å². The van der Waals surface area contributed by atoms with Crippen molar-refractivity contribution < 1.29 is 23.9 Å². The van der Waals surface area contributed by atoms with Gasteiger partial charge in [0, 0.05) is 16.4 Å². The zero-order valence-electron chi connectivity index (χ0n) is 18.3. The molecule has 34 heavy (non-hydrogen) atoms. The maximum Gasteiger partial charge on any atom is 0.316 e. The molecule has 2 amide bonds. The third kappa shape index (κ3) is 8.46. The molecule has 0 aliphatic carbocycles. The molecule has 2 N–H and O–H groups in total. The highest BCUT2D eigenvalue weighted by Gasteiger charge is 2.18. The summed E-state index contributed by atoms with van der Waals surface area (Å²) in [5, 5.41) is 5.97. The summed E-state index contributed by atoms with van der Waals surface area (Å²) in [6.45, 7) is 1.48. The number of para-hydroxylation sites is 1. The smallest absolute Gasteiger partial charge is 0.316 e. The highest BCUT2D eigenvalue weighted by atomic mass is 35.5. The predicted molar refractivity (Wildman–Crippen MR) is 135 cm³/mol. The van der Waals surface area contributed by atoms with Gasteiger partial charge in [-0.1, -0.05) is 29.8 Å². The van der Waals surface area contributed by atoms with Crippen LogP contribution < -0.4 is 15.4 Å². The van der Waals surface area contributed by atoms with Crippen LogP contribution in [0.25, 0.3) is 0 Å². The Bertz CT molecular complexity index is 1110. The number of carbonyl (C=O) groups excluding carboxylic acids is 3. The van der Waals surface area contributed by atoms with E-state index >= 15 is 0 Å². The van der Waals surface area contributed by atoms with Crippen molar-refractivity contribution in [1.82, 2.24) is 0 Å². The first kappa shape index (κ1) is 25.1. The summed E-state index contributed by atoms with van der Waals surface area (Å²) in [7, 11) is 0. The second-order valence-corrected chi connectivity index (χ2v) is 8.53. The van der Waals surface area contributed by atoms with Gasteiger partial charge in [0.15, 0.2) is 6.10 Å². The van der Waals surface area contributed by atoms with Crippen LogP contribution in [0, 0.1) is 0 Å². The number of benzene rings is 3. The van der Waals surface area contributed by atoms with E-state index in [2.05, 4.69) is 10.6 Å². The van der Waals surface area contributed by atoms with Crippen molar-refractivity contribution in [2.24, 2.45) is 0 Å². The Hall–Kier alpha value is -3.49. The standard InChI is InChI=1S/C25H23ClN2O5S/c1-17(32-24(30)16-34-15-23(29)27-19-9-7-18(26)8-10-19)25(31)28-20-11-13-22(14-12-20)33-21-5-3-2-4-6-21/h2-14,17H,15-16H2,1H3,(H,27,29)(H,28,31)/t17-/m1/s1. The first-order chi connectivity index (χ1) is 16.4. The van der Waals surface area contributed by atoms with E-state index in [1.807, 2.05) is 30.3 Å². The molecule has 0 aliphatic rings. The van der Waals surface area contributed by atoms with Gasteiger partial charge < -0.3 is 20.1 Å². The number of halogens is 1. The van der Waals surface area contributed by atoms with E-state index in [1.54, 1.807) is 48.5 Å². The van der Waals surface area contributed by atoms with Gasteiger partial charge in [0.2, 0.25) is 5.91 Å². The van der Waals surface area contributed by atoms with Gasteiger partial charge in [0.05, 0.1) is 11.5 Å². The van der Waals surface area contributed by atoms with Gasteiger partial charge in [0.25, 0.3) is 5.91 Å². The van der Waals surface area contributed by atoms with Crippen LogP contribution in [0.5, 0.6) is 11.5 Å². The number of ether oxygens (including phenoxy) is 2. The normalized spacial score (nSPS) is 11.2. The summed E-state index contributed by atoms with van der Waals surface area (Å²) in [6.07, 6.45) is -0.990. The molecule has 0 radical (unpaired) electrons. The number of amides is 2. The topological polar surface area (TPSA) is 93.7 Å². The number of nitrogens with one attached hydrogen (secondary N) is 2. The SMILES string of the molecule is C[C@@H](OC(=O)CSCC(=O)Nc1ccc(Cl)cc1)C(=O)Nc1ccc(Oc2ccccc2)cc1. The fraction of sp³-hybridized carbons (Fsp3) is 0.160. The fourth-order valence-corrected chi connectivity index (χ4v) is 3.44. The zero-order valence-corrected chi connectivity index (χ0v) is 19.9. The summed E-state index contributed by atoms with van der Waals surface area (Å²) in [5.41, 5.74) is 1.16. The van der Waals surface area contributed by atoms with Gasteiger partial charge in [-0.2, -0.15) is 0 Å². The van der Waals surface area contributed by atoms with Crippen LogP contribution in [-0.2, 0) is 19.1 Å². The van der Waals surface area contributed by atoms with Crippen molar-refractivity contribution in [2.45, 2.75) is 13.0 Å². The highest BCUT2D eigenvalue weighted by Crippen LogP contribution is 2.22. The fourth-order valence-electron chi connectivity index (χ4n) is 2.72. The van der Waals surface area contributed by atoms with E-state index in [0.29, 0.717) is 27.9 Å². The third-order valence-electron chi connectivity index (χ3n) is 4.36. The molecule has 9 heteroatoms. The highest BCUT2D eigenvalue weighted by molar-refractivity contribution is 8.00. The van der Waals surface area contributed by atoms with E-state index in [0.717, 1.165) is 11.8 Å². The predicted octanol–water partition coefficient (Wildman–Crippen LogP) is 5.37. The van der Waals surface area contributed by atoms with Crippen molar-refractivity contribution >= 4 is 52.5 Å². The largest absolute Gasteiger partial charge is 0.457 e. The van der Waals surface area contributed by atoms with Crippen LogP contribution in [0.4, 0.5) is 11.4 Å². The van der Waals surface area contributed by atoms with Crippen LogP contribution in [0.2, 0.25) is 5.02 Å². The molecular weight excluding hydrogens is 476 g/mol. The Morgan fingerprint density at radius 1 is 0.824 bits per heavy atom.